The lowest BCUT2D eigenvalue weighted by Crippen LogP contribution is -2.07. The first-order valence-electron chi connectivity index (χ1n) is 8.96. The Balaban J connectivity index is 1.56. The minimum atomic E-state index is 0.399. The van der Waals surface area contributed by atoms with Gasteiger partial charge in [0.15, 0.2) is 17.0 Å². The van der Waals surface area contributed by atoms with E-state index in [0.29, 0.717) is 35.4 Å². The lowest BCUT2D eigenvalue weighted by atomic mass is 10.2. The maximum Gasteiger partial charge on any atom is 0.233 e. The molecule has 0 radical (unpaired) electrons. The summed E-state index contributed by atoms with van der Waals surface area (Å²) in [6, 6.07) is 13.9. The van der Waals surface area contributed by atoms with E-state index in [9.17, 15) is 0 Å². The molecular formula is C20H16N8S. The number of aromatic nitrogens is 6. The number of thiophene rings is 1. The first kappa shape index (κ1) is 17.3. The van der Waals surface area contributed by atoms with Crippen LogP contribution in [-0.2, 0) is 6.54 Å². The van der Waals surface area contributed by atoms with Crippen molar-refractivity contribution in [1.82, 2.24) is 29.5 Å². The van der Waals surface area contributed by atoms with Gasteiger partial charge >= 0.3 is 0 Å². The Kier molecular flexibility index (Phi) is 4.55. The van der Waals surface area contributed by atoms with Gasteiger partial charge in [0.2, 0.25) is 11.9 Å². The van der Waals surface area contributed by atoms with Crippen molar-refractivity contribution < 1.29 is 0 Å². The molecule has 0 amide bonds. The predicted molar refractivity (Wildman–Crippen MR) is 114 cm³/mol. The van der Waals surface area contributed by atoms with Crippen LogP contribution in [-0.4, -0.2) is 29.5 Å². The number of anilines is 3. The standard InChI is InChI=1S/C20H16N8S/c1-2-5-14(6-3-1)11-23-17-16-18(28(13-24-16)15-7-10-29-12-15)26-20(25-17)27-19-21-8-4-9-22-19/h1-10,12-13H,11H2,(H2,21,22,23,25,26,27). The van der Waals surface area contributed by atoms with Crippen LogP contribution < -0.4 is 10.6 Å². The van der Waals surface area contributed by atoms with E-state index < -0.39 is 0 Å². The zero-order valence-electron chi connectivity index (χ0n) is 15.2. The molecule has 8 nitrogen and oxygen atoms in total. The fraction of sp³-hybridized carbons (Fsp3) is 0.0500. The van der Waals surface area contributed by atoms with Crippen molar-refractivity contribution in [2.75, 3.05) is 10.6 Å². The van der Waals surface area contributed by atoms with E-state index in [2.05, 4.69) is 47.7 Å². The SMILES string of the molecule is c1ccc(CNc2nc(Nc3ncccn3)nc3c2ncn3-c2ccsc2)cc1. The molecule has 1 aromatic carbocycles. The number of hydrogen-bond acceptors (Lipinski definition) is 8. The van der Waals surface area contributed by atoms with E-state index in [4.69, 9.17) is 0 Å². The molecule has 4 aromatic heterocycles. The van der Waals surface area contributed by atoms with Gasteiger partial charge in [-0.2, -0.15) is 21.3 Å². The number of fused-ring (bicyclic) bond motifs is 1. The van der Waals surface area contributed by atoms with Gasteiger partial charge in [-0.3, -0.25) is 9.88 Å². The normalized spacial score (nSPS) is 10.9. The average molecular weight is 400 g/mol. The molecule has 142 valence electrons. The lowest BCUT2D eigenvalue weighted by molar-refractivity contribution is 1.05. The van der Waals surface area contributed by atoms with Gasteiger partial charge < -0.3 is 5.32 Å². The molecule has 0 fully saturated rings. The highest BCUT2D eigenvalue weighted by molar-refractivity contribution is 7.08. The Hall–Kier alpha value is -3.85. The highest BCUT2D eigenvalue weighted by Gasteiger charge is 2.15. The summed E-state index contributed by atoms with van der Waals surface area (Å²) >= 11 is 1.62. The van der Waals surface area contributed by atoms with Crippen LogP contribution in [0, 0.1) is 0 Å². The maximum atomic E-state index is 4.66. The number of nitrogens with zero attached hydrogens (tertiary/aromatic N) is 6. The molecule has 0 spiro atoms. The van der Waals surface area contributed by atoms with E-state index in [1.165, 1.54) is 0 Å². The van der Waals surface area contributed by atoms with Gasteiger partial charge in [-0.05, 0) is 23.1 Å². The zero-order chi connectivity index (χ0) is 19.5. The van der Waals surface area contributed by atoms with E-state index in [0.717, 1.165) is 11.3 Å². The third-order valence-electron chi connectivity index (χ3n) is 4.27. The molecule has 2 N–H and O–H groups in total. The summed E-state index contributed by atoms with van der Waals surface area (Å²) in [4.78, 5) is 22.2. The maximum absolute atomic E-state index is 4.66. The van der Waals surface area contributed by atoms with Crippen LogP contribution in [0.1, 0.15) is 5.56 Å². The molecule has 0 aliphatic rings. The smallest absolute Gasteiger partial charge is 0.233 e. The van der Waals surface area contributed by atoms with Crippen LogP contribution in [0.15, 0.2) is 71.9 Å². The number of rotatable bonds is 6. The fourth-order valence-corrected chi connectivity index (χ4v) is 3.54. The largest absolute Gasteiger partial charge is 0.364 e. The van der Waals surface area contributed by atoms with Crippen molar-refractivity contribution in [1.29, 1.82) is 0 Å². The summed E-state index contributed by atoms with van der Waals surface area (Å²) in [5.74, 6) is 1.48. The quantitative estimate of drug-likeness (QED) is 0.444. The number of hydrogen-bond donors (Lipinski definition) is 2. The third-order valence-corrected chi connectivity index (χ3v) is 4.94. The Bertz CT molecular complexity index is 1220. The molecule has 4 heterocycles. The van der Waals surface area contributed by atoms with Crippen molar-refractivity contribution in [2.24, 2.45) is 0 Å². The topological polar surface area (TPSA) is 93.4 Å². The van der Waals surface area contributed by atoms with E-state index in [1.54, 1.807) is 36.1 Å². The Labute approximate surface area is 170 Å². The summed E-state index contributed by atoms with van der Waals surface area (Å²) in [6.45, 7) is 0.625. The van der Waals surface area contributed by atoms with Gasteiger partial charge in [-0.15, -0.1) is 0 Å². The summed E-state index contributed by atoms with van der Waals surface area (Å²) in [7, 11) is 0. The second-order valence-corrected chi connectivity index (χ2v) is 6.98. The summed E-state index contributed by atoms with van der Waals surface area (Å²) < 4.78 is 1.94. The van der Waals surface area contributed by atoms with Crippen molar-refractivity contribution in [2.45, 2.75) is 6.54 Å². The number of imidazole rings is 1. The van der Waals surface area contributed by atoms with Crippen molar-refractivity contribution in [3.8, 4) is 5.69 Å². The van der Waals surface area contributed by atoms with Crippen LogP contribution in [0.3, 0.4) is 0 Å². The van der Waals surface area contributed by atoms with Crippen LogP contribution >= 0.6 is 11.3 Å². The monoisotopic (exact) mass is 400 g/mol. The molecular weight excluding hydrogens is 384 g/mol. The summed E-state index contributed by atoms with van der Waals surface area (Å²) in [5.41, 5.74) is 3.56. The second kappa shape index (κ2) is 7.64. The average Bonchev–Trinajstić information content (AvgIpc) is 3.43. The Morgan fingerprint density at radius 3 is 2.55 bits per heavy atom. The molecule has 9 heteroatoms. The first-order valence-corrected chi connectivity index (χ1v) is 9.90. The molecule has 5 aromatic rings. The van der Waals surface area contributed by atoms with Gasteiger partial charge in [0.05, 0.1) is 5.69 Å². The molecule has 0 saturated heterocycles. The molecule has 0 saturated carbocycles. The van der Waals surface area contributed by atoms with Crippen LogP contribution in [0.25, 0.3) is 16.9 Å². The number of nitrogens with one attached hydrogen (secondary N) is 2. The van der Waals surface area contributed by atoms with Crippen LogP contribution in [0.2, 0.25) is 0 Å². The highest BCUT2D eigenvalue weighted by Crippen LogP contribution is 2.25. The minimum Gasteiger partial charge on any atom is -0.364 e. The fourth-order valence-electron chi connectivity index (χ4n) is 2.91. The minimum absolute atomic E-state index is 0.399. The molecule has 0 atom stereocenters. The van der Waals surface area contributed by atoms with Gasteiger partial charge in [0.25, 0.3) is 0 Å². The molecule has 0 unspecified atom stereocenters. The van der Waals surface area contributed by atoms with E-state index in [-0.39, 0.29) is 0 Å². The Morgan fingerprint density at radius 2 is 1.76 bits per heavy atom. The van der Waals surface area contributed by atoms with Crippen LogP contribution in [0.5, 0.6) is 0 Å². The first-order chi connectivity index (χ1) is 14.4. The van der Waals surface area contributed by atoms with E-state index >= 15 is 0 Å². The van der Waals surface area contributed by atoms with Gasteiger partial charge in [0, 0.05) is 24.3 Å². The van der Waals surface area contributed by atoms with Gasteiger partial charge in [0.1, 0.15) is 6.33 Å². The zero-order valence-corrected chi connectivity index (χ0v) is 16.0. The molecule has 0 bridgehead atoms. The lowest BCUT2D eigenvalue weighted by Gasteiger charge is -2.10. The second-order valence-electron chi connectivity index (χ2n) is 6.20. The molecule has 0 aliphatic heterocycles. The van der Waals surface area contributed by atoms with Crippen molar-refractivity contribution in [3.05, 3.63) is 77.5 Å². The highest BCUT2D eigenvalue weighted by atomic mass is 32.1. The molecule has 5 rings (SSSR count). The van der Waals surface area contributed by atoms with Crippen molar-refractivity contribution >= 4 is 40.2 Å². The number of benzene rings is 1. The van der Waals surface area contributed by atoms with Gasteiger partial charge in [-0.25, -0.2) is 15.0 Å². The summed E-state index contributed by atoms with van der Waals surface area (Å²) in [6.07, 6.45) is 5.09. The molecule has 0 aliphatic carbocycles. The molecule has 29 heavy (non-hydrogen) atoms. The Morgan fingerprint density at radius 1 is 0.897 bits per heavy atom. The summed E-state index contributed by atoms with van der Waals surface area (Å²) in [5, 5.41) is 10.5. The van der Waals surface area contributed by atoms with Crippen LogP contribution in [0.4, 0.5) is 17.7 Å². The predicted octanol–water partition coefficient (Wildman–Crippen LogP) is 4.02. The third kappa shape index (κ3) is 3.63. The van der Waals surface area contributed by atoms with Crippen molar-refractivity contribution in [3.63, 3.8) is 0 Å². The van der Waals surface area contributed by atoms with Gasteiger partial charge in [-0.1, -0.05) is 30.3 Å². The van der Waals surface area contributed by atoms with E-state index in [1.807, 2.05) is 39.6 Å².